The quantitative estimate of drug-likeness (QED) is 0.767. The molecule has 0 bridgehead atoms. The van der Waals surface area contributed by atoms with Crippen molar-refractivity contribution in [1.82, 2.24) is 4.31 Å². The minimum atomic E-state index is -3.72. The number of ether oxygens (including phenoxy) is 1. The average molecular weight is 390 g/mol. The van der Waals surface area contributed by atoms with E-state index in [1.54, 1.807) is 0 Å². The molecule has 1 aliphatic heterocycles. The Morgan fingerprint density at radius 1 is 1.15 bits per heavy atom. The molecule has 0 aromatic heterocycles. The lowest BCUT2D eigenvalue weighted by Crippen LogP contribution is -2.45. The summed E-state index contributed by atoms with van der Waals surface area (Å²) in [6, 6.07) is 15.4. The van der Waals surface area contributed by atoms with Gasteiger partial charge in [0.05, 0.1) is 11.0 Å². The lowest BCUT2D eigenvalue weighted by Gasteiger charge is -2.35. The van der Waals surface area contributed by atoms with Gasteiger partial charge in [-0.25, -0.2) is 8.42 Å². The third-order valence-electron chi connectivity index (χ3n) is 4.61. The van der Waals surface area contributed by atoms with E-state index in [2.05, 4.69) is 0 Å². The standard InChI is InChI=1S/C19H22N2O5S/c20-19(23)13-26-15-6-8-16(9-7-15)27(24,25)21-11-10-17(18(22)12-21)14-4-2-1-3-5-14/h1-9,17-18,22H,10-13H2,(H2,20,23)/t17-,18-/m1/s1. The second-order valence-electron chi connectivity index (χ2n) is 6.46. The number of aliphatic hydroxyl groups excluding tert-OH is 1. The highest BCUT2D eigenvalue weighted by atomic mass is 32.2. The fraction of sp³-hybridized carbons (Fsp3) is 0.316. The van der Waals surface area contributed by atoms with E-state index >= 15 is 0 Å². The lowest BCUT2D eigenvalue weighted by atomic mass is 9.88. The van der Waals surface area contributed by atoms with Gasteiger partial charge in [-0.15, -0.1) is 0 Å². The van der Waals surface area contributed by atoms with E-state index in [-0.39, 0.29) is 24.0 Å². The fourth-order valence-corrected chi connectivity index (χ4v) is 4.69. The molecule has 1 heterocycles. The number of benzene rings is 2. The highest BCUT2D eigenvalue weighted by molar-refractivity contribution is 7.89. The smallest absolute Gasteiger partial charge is 0.255 e. The molecular formula is C19H22N2O5S. The van der Waals surface area contributed by atoms with Crippen molar-refractivity contribution >= 4 is 15.9 Å². The predicted molar refractivity (Wildman–Crippen MR) is 99.7 cm³/mol. The number of amides is 1. The Bertz CT molecular complexity index is 884. The molecule has 2 aromatic rings. The summed E-state index contributed by atoms with van der Waals surface area (Å²) in [5.41, 5.74) is 6.03. The maximum Gasteiger partial charge on any atom is 0.255 e. The number of piperidine rings is 1. The molecule has 2 aromatic carbocycles. The Hall–Kier alpha value is -2.42. The van der Waals surface area contributed by atoms with Crippen LogP contribution in [0.2, 0.25) is 0 Å². The van der Waals surface area contributed by atoms with Gasteiger partial charge in [0.2, 0.25) is 10.0 Å². The molecule has 27 heavy (non-hydrogen) atoms. The van der Waals surface area contributed by atoms with Gasteiger partial charge in [-0.3, -0.25) is 4.79 Å². The van der Waals surface area contributed by atoms with Gasteiger partial charge in [0.1, 0.15) is 5.75 Å². The van der Waals surface area contributed by atoms with Crippen molar-refractivity contribution < 1.29 is 23.1 Å². The van der Waals surface area contributed by atoms with Crippen molar-refractivity contribution in [2.75, 3.05) is 19.7 Å². The van der Waals surface area contributed by atoms with Gasteiger partial charge in [-0.05, 0) is 36.2 Å². The van der Waals surface area contributed by atoms with Crippen molar-refractivity contribution in [3.8, 4) is 5.75 Å². The number of hydrogen-bond acceptors (Lipinski definition) is 5. The van der Waals surface area contributed by atoms with E-state index in [1.807, 2.05) is 30.3 Å². The predicted octanol–water partition coefficient (Wildman–Crippen LogP) is 1.09. The maximum absolute atomic E-state index is 12.9. The number of carbonyl (C=O) groups is 1. The van der Waals surface area contributed by atoms with Crippen LogP contribution < -0.4 is 10.5 Å². The molecule has 144 valence electrons. The zero-order valence-electron chi connectivity index (χ0n) is 14.7. The molecule has 0 aliphatic carbocycles. The second-order valence-corrected chi connectivity index (χ2v) is 8.40. The van der Waals surface area contributed by atoms with Gasteiger partial charge in [-0.1, -0.05) is 30.3 Å². The zero-order valence-corrected chi connectivity index (χ0v) is 15.5. The normalized spacial score (nSPS) is 20.9. The monoisotopic (exact) mass is 390 g/mol. The summed E-state index contributed by atoms with van der Waals surface area (Å²) < 4.78 is 32.1. The van der Waals surface area contributed by atoms with Crippen LogP contribution >= 0.6 is 0 Å². The van der Waals surface area contributed by atoms with Crippen molar-refractivity contribution in [2.24, 2.45) is 5.73 Å². The maximum atomic E-state index is 12.9. The first-order valence-corrected chi connectivity index (χ1v) is 10.1. The van der Waals surface area contributed by atoms with E-state index in [9.17, 15) is 18.3 Å². The number of rotatable bonds is 6. The van der Waals surface area contributed by atoms with E-state index in [1.165, 1.54) is 28.6 Å². The largest absolute Gasteiger partial charge is 0.484 e. The van der Waals surface area contributed by atoms with Crippen LogP contribution in [-0.2, 0) is 14.8 Å². The molecule has 1 saturated heterocycles. The van der Waals surface area contributed by atoms with Crippen molar-refractivity contribution in [3.05, 3.63) is 60.2 Å². The Morgan fingerprint density at radius 3 is 2.41 bits per heavy atom. The minimum absolute atomic E-state index is 0.0435. The van der Waals surface area contributed by atoms with Crippen molar-refractivity contribution in [2.45, 2.75) is 23.3 Å². The summed E-state index contributed by atoms with van der Waals surface area (Å²) in [5.74, 6) is -0.334. The third-order valence-corrected chi connectivity index (χ3v) is 6.49. The Balaban J connectivity index is 1.70. The summed E-state index contributed by atoms with van der Waals surface area (Å²) >= 11 is 0. The van der Waals surface area contributed by atoms with Crippen LogP contribution in [0.15, 0.2) is 59.5 Å². The van der Waals surface area contributed by atoms with Gasteiger partial charge >= 0.3 is 0 Å². The molecule has 0 saturated carbocycles. The molecule has 7 nitrogen and oxygen atoms in total. The average Bonchev–Trinajstić information content (AvgIpc) is 2.67. The number of primary amides is 1. The number of nitrogens with two attached hydrogens (primary N) is 1. The number of aliphatic hydroxyl groups is 1. The highest BCUT2D eigenvalue weighted by Crippen LogP contribution is 2.31. The molecule has 0 spiro atoms. The summed E-state index contributed by atoms with van der Waals surface area (Å²) in [5, 5.41) is 10.5. The first kappa shape index (κ1) is 19.3. The summed E-state index contributed by atoms with van der Waals surface area (Å²) in [6.07, 6.45) is -0.224. The van der Waals surface area contributed by atoms with Gasteiger partial charge in [0, 0.05) is 19.0 Å². The van der Waals surface area contributed by atoms with Crippen LogP contribution in [0.3, 0.4) is 0 Å². The van der Waals surface area contributed by atoms with Gasteiger partial charge < -0.3 is 15.6 Å². The summed E-state index contributed by atoms with van der Waals surface area (Å²) in [6.45, 7) is 0.103. The van der Waals surface area contributed by atoms with Gasteiger partial charge in [-0.2, -0.15) is 4.31 Å². The second kappa shape index (κ2) is 8.08. The van der Waals surface area contributed by atoms with E-state index < -0.39 is 22.0 Å². The van der Waals surface area contributed by atoms with Crippen LogP contribution in [-0.4, -0.2) is 49.5 Å². The van der Waals surface area contributed by atoms with Gasteiger partial charge in [0.25, 0.3) is 5.91 Å². The van der Waals surface area contributed by atoms with Crippen molar-refractivity contribution in [3.63, 3.8) is 0 Å². The number of β-amino-alcohol motifs (C(OH)–C–C–N with tert-alkyl or cyclic N) is 1. The van der Waals surface area contributed by atoms with Crippen LogP contribution in [0.5, 0.6) is 5.75 Å². The molecule has 8 heteroatoms. The molecule has 0 unspecified atom stereocenters. The molecule has 3 N–H and O–H groups in total. The zero-order chi connectivity index (χ0) is 19.4. The van der Waals surface area contributed by atoms with Crippen LogP contribution in [0.1, 0.15) is 17.9 Å². The highest BCUT2D eigenvalue weighted by Gasteiger charge is 2.35. The van der Waals surface area contributed by atoms with Gasteiger partial charge in [0.15, 0.2) is 6.61 Å². The van der Waals surface area contributed by atoms with E-state index in [4.69, 9.17) is 10.5 Å². The fourth-order valence-electron chi connectivity index (χ4n) is 3.22. The topological polar surface area (TPSA) is 110 Å². The first-order chi connectivity index (χ1) is 12.9. The van der Waals surface area contributed by atoms with Crippen molar-refractivity contribution in [1.29, 1.82) is 0 Å². The van der Waals surface area contributed by atoms with E-state index in [0.29, 0.717) is 18.7 Å². The molecule has 1 aliphatic rings. The Morgan fingerprint density at radius 2 is 1.81 bits per heavy atom. The minimum Gasteiger partial charge on any atom is -0.484 e. The number of carbonyl (C=O) groups excluding carboxylic acids is 1. The summed E-state index contributed by atoms with van der Waals surface area (Å²) in [7, 11) is -3.72. The SMILES string of the molecule is NC(=O)COc1ccc(S(=O)(=O)N2CC[C@H](c3ccccc3)[C@H](O)C2)cc1. The Kier molecular flexibility index (Phi) is 5.79. The molecular weight excluding hydrogens is 368 g/mol. The number of nitrogens with zero attached hydrogens (tertiary/aromatic N) is 1. The molecule has 1 amide bonds. The Labute approximate surface area is 158 Å². The summed E-state index contributed by atoms with van der Waals surface area (Å²) in [4.78, 5) is 10.8. The van der Waals surface area contributed by atoms with Crippen LogP contribution in [0, 0.1) is 0 Å². The molecule has 1 fully saturated rings. The van der Waals surface area contributed by atoms with Crippen LogP contribution in [0.4, 0.5) is 0 Å². The number of sulfonamides is 1. The lowest BCUT2D eigenvalue weighted by molar-refractivity contribution is -0.119. The first-order valence-electron chi connectivity index (χ1n) is 8.62. The molecule has 0 radical (unpaired) electrons. The third kappa shape index (κ3) is 4.47. The molecule has 2 atom stereocenters. The van der Waals surface area contributed by atoms with Crippen LogP contribution in [0.25, 0.3) is 0 Å². The number of hydrogen-bond donors (Lipinski definition) is 2. The van der Waals surface area contributed by atoms with E-state index in [0.717, 1.165) is 5.56 Å². The molecule has 3 rings (SSSR count).